The van der Waals surface area contributed by atoms with Crippen LogP contribution >= 0.6 is 0 Å². The number of aromatic nitrogens is 3. The molecule has 0 radical (unpaired) electrons. The predicted molar refractivity (Wildman–Crippen MR) is 128 cm³/mol. The Labute approximate surface area is 218 Å². The number of halogens is 6. The monoisotopic (exact) mass is 573 g/mol. The van der Waals surface area contributed by atoms with Gasteiger partial charge >= 0.3 is 12.4 Å². The van der Waals surface area contributed by atoms with Crippen molar-refractivity contribution in [1.82, 2.24) is 19.1 Å². The molecule has 1 saturated heterocycles. The summed E-state index contributed by atoms with van der Waals surface area (Å²) < 4.78 is 107. The molecule has 0 saturated carbocycles. The van der Waals surface area contributed by atoms with Crippen LogP contribution in [0.1, 0.15) is 36.0 Å². The third-order valence-electron chi connectivity index (χ3n) is 6.00. The fraction of sp³-hybridized carbons (Fsp3) is 0.292. The van der Waals surface area contributed by atoms with Gasteiger partial charge in [-0.1, -0.05) is 18.6 Å². The second kappa shape index (κ2) is 10.4. The third-order valence-corrected chi connectivity index (χ3v) is 7.91. The summed E-state index contributed by atoms with van der Waals surface area (Å²) in [6.07, 6.45) is -5.60. The molecule has 0 unspecified atom stereocenters. The van der Waals surface area contributed by atoms with E-state index in [-0.39, 0.29) is 22.1 Å². The number of benzene rings is 2. The number of hydrogen-bond acceptors (Lipinski definition) is 5. The van der Waals surface area contributed by atoms with Gasteiger partial charge in [0.1, 0.15) is 6.33 Å². The van der Waals surface area contributed by atoms with Gasteiger partial charge in [0, 0.05) is 24.9 Å². The Morgan fingerprint density at radius 2 is 1.46 bits per heavy atom. The summed E-state index contributed by atoms with van der Waals surface area (Å²) in [7, 11) is -3.73. The number of amides is 1. The molecule has 0 spiro atoms. The molecule has 1 fully saturated rings. The molecule has 4 rings (SSSR count). The standard InChI is InChI=1S/C24H21F6N5O3S/c25-23(26,27)17-10-16(11-18(12-17)24(28,29)30)22-32-14-34(33-22)13-20(21(31)36)15-4-6-19(7-5-15)39(37,38)35-8-2-1-3-9-35/h4-7,10-14H,1-3,8-9H2,(H2,31,36)/b20-13+. The van der Waals surface area contributed by atoms with Gasteiger partial charge in [-0.15, -0.1) is 5.10 Å². The maximum Gasteiger partial charge on any atom is 0.416 e. The molecule has 8 nitrogen and oxygen atoms in total. The Hall–Kier alpha value is -3.72. The fourth-order valence-electron chi connectivity index (χ4n) is 4.03. The van der Waals surface area contributed by atoms with Crippen molar-refractivity contribution in [2.24, 2.45) is 5.73 Å². The Morgan fingerprint density at radius 3 is 1.97 bits per heavy atom. The maximum absolute atomic E-state index is 13.2. The summed E-state index contributed by atoms with van der Waals surface area (Å²) in [6, 6.07) is 6.28. The van der Waals surface area contributed by atoms with E-state index in [1.165, 1.54) is 28.6 Å². The van der Waals surface area contributed by atoms with Crippen molar-refractivity contribution in [3.8, 4) is 11.4 Å². The van der Waals surface area contributed by atoms with Crippen molar-refractivity contribution in [2.45, 2.75) is 36.5 Å². The van der Waals surface area contributed by atoms with Crippen LogP contribution in [0.4, 0.5) is 26.3 Å². The van der Waals surface area contributed by atoms with Crippen LogP contribution in [0.5, 0.6) is 0 Å². The molecule has 0 aliphatic carbocycles. The molecular weight excluding hydrogens is 552 g/mol. The lowest BCUT2D eigenvalue weighted by Crippen LogP contribution is -2.35. The van der Waals surface area contributed by atoms with E-state index in [4.69, 9.17) is 5.73 Å². The van der Waals surface area contributed by atoms with Crippen LogP contribution in [0.15, 0.2) is 53.7 Å². The molecule has 1 aliphatic rings. The topological polar surface area (TPSA) is 111 Å². The molecule has 1 amide bonds. The molecule has 208 valence electrons. The Kier molecular flexibility index (Phi) is 7.58. The Balaban J connectivity index is 1.66. The minimum Gasteiger partial charge on any atom is -0.366 e. The van der Waals surface area contributed by atoms with Crippen molar-refractivity contribution in [1.29, 1.82) is 0 Å². The molecule has 39 heavy (non-hydrogen) atoms. The lowest BCUT2D eigenvalue weighted by atomic mass is 10.0. The SMILES string of the molecule is NC(=O)/C(=C/n1cnc(-c2cc(C(F)(F)F)cc(C(F)(F)F)c2)n1)c1ccc(S(=O)(=O)N2CCCCC2)cc1. The Morgan fingerprint density at radius 1 is 0.897 bits per heavy atom. The molecule has 1 aliphatic heterocycles. The molecule has 0 atom stereocenters. The molecule has 2 heterocycles. The first-order valence-corrected chi connectivity index (χ1v) is 12.9. The van der Waals surface area contributed by atoms with Gasteiger partial charge in [0.2, 0.25) is 10.0 Å². The zero-order chi connectivity index (χ0) is 28.6. The van der Waals surface area contributed by atoms with Crippen LogP contribution in [-0.2, 0) is 27.2 Å². The summed E-state index contributed by atoms with van der Waals surface area (Å²) in [5, 5.41) is 3.88. The zero-order valence-electron chi connectivity index (χ0n) is 20.0. The van der Waals surface area contributed by atoms with Gasteiger partial charge in [-0.25, -0.2) is 18.1 Å². The van der Waals surface area contributed by atoms with E-state index in [0.717, 1.165) is 36.5 Å². The minimum atomic E-state index is -5.05. The van der Waals surface area contributed by atoms with Crippen molar-refractivity contribution in [3.05, 3.63) is 65.5 Å². The molecule has 2 aromatic carbocycles. The predicted octanol–water partition coefficient (Wildman–Crippen LogP) is 4.64. The molecule has 15 heteroatoms. The van der Waals surface area contributed by atoms with E-state index in [1.807, 2.05) is 0 Å². The van der Waals surface area contributed by atoms with E-state index in [2.05, 4.69) is 10.1 Å². The minimum absolute atomic E-state index is 0.0132. The Bertz CT molecular complexity index is 1470. The van der Waals surface area contributed by atoms with E-state index in [0.29, 0.717) is 25.2 Å². The average Bonchev–Trinajstić information content (AvgIpc) is 3.35. The summed E-state index contributed by atoms with van der Waals surface area (Å²) in [5.41, 5.74) is 1.90. The first kappa shape index (κ1) is 28.3. The quantitative estimate of drug-likeness (QED) is 0.341. The van der Waals surface area contributed by atoms with E-state index >= 15 is 0 Å². The highest BCUT2D eigenvalue weighted by Crippen LogP contribution is 2.38. The molecule has 2 N–H and O–H groups in total. The van der Waals surface area contributed by atoms with Crippen molar-refractivity contribution < 1.29 is 39.6 Å². The fourth-order valence-corrected chi connectivity index (χ4v) is 5.54. The van der Waals surface area contributed by atoms with Gasteiger partial charge < -0.3 is 5.73 Å². The molecule has 3 aromatic rings. The molecular formula is C24H21F6N5O3S. The van der Waals surface area contributed by atoms with Crippen LogP contribution in [-0.4, -0.2) is 46.5 Å². The molecule has 1 aromatic heterocycles. The van der Waals surface area contributed by atoms with Crippen LogP contribution < -0.4 is 5.73 Å². The van der Waals surface area contributed by atoms with Gasteiger partial charge in [-0.05, 0) is 48.7 Å². The first-order chi connectivity index (χ1) is 18.2. The third kappa shape index (κ3) is 6.30. The van der Waals surface area contributed by atoms with Gasteiger partial charge in [-0.3, -0.25) is 4.79 Å². The number of carbonyl (C=O) groups excluding carboxylic acids is 1. The van der Waals surface area contributed by atoms with Crippen LogP contribution in [0.2, 0.25) is 0 Å². The summed E-state index contributed by atoms with van der Waals surface area (Å²) in [5.74, 6) is -1.41. The number of carbonyl (C=O) groups is 1. The first-order valence-electron chi connectivity index (χ1n) is 11.5. The number of sulfonamides is 1. The summed E-state index contributed by atoms with van der Waals surface area (Å²) >= 11 is 0. The van der Waals surface area contributed by atoms with Gasteiger partial charge in [-0.2, -0.15) is 30.6 Å². The zero-order valence-corrected chi connectivity index (χ0v) is 20.8. The van der Waals surface area contributed by atoms with Gasteiger partial charge in [0.25, 0.3) is 5.91 Å². The number of alkyl halides is 6. The second-order valence-corrected chi connectivity index (χ2v) is 10.7. The average molecular weight is 574 g/mol. The highest BCUT2D eigenvalue weighted by molar-refractivity contribution is 7.89. The van der Waals surface area contributed by atoms with Crippen molar-refractivity contribution in [2.75, 3.05) is 13.1 Å². The molecule has 0 bridgehead atoms. The number of nitrogens with two attached hydrogens (primary N) is 1. The number of nitrogens with zero attached hydrogens (tertiary/aromatic N) is 4. The van der Waals surface area contributed by atoms with Crippen LogP contribution in [0.25, 0.3) is 23.2 Å². The number of primary amides is 1. The summed E-state index contributed by atoms with van der Waals surface area (Å²) in [4.78, 5) is 15.9. The smallest absolute Gasteiger partial charge is 0.366 e. The summed E-state index contributed by atoms with van der Waals surface area (Å²) in [6.45, 7) is 0.809. The van der Waals surface area contributed by atoms with Crippen molar-refractivity contribution in [3.63, 3.8) is 0 Å². The van der Waals surface area contributed by atoms with Crippen molar-refractivity contribution >= 4 is 27.7 Å². The van der Waals surface area contributed by atoms with Crippen LogP contribution in [0.3, 0.4) is 0 Å². The number of rotatable bonds is 6. The van der Waals surface area contributed by atoms with Crippen LogP contribution in [0, 0.1) is 0 Å². The van der Waals surface area contributed by atoms with Gasteiger partial charge in [0.15, 0.2) is 5.82 Å². The highest BCUT2D eigenvalue weighted by Gasteiger charge is 2.37. The van der Waals surface area contributed by atoms with E-state index in [1.54, 1.807) is 0 Å². The highest BCUT2D eigenvalue weighted by atomic mass is 32.2. The van der Waals surface area contributed by atoms with E-state index in [9.17, 15) is 39.6 Å². The largest absolute Gasteiger partial charge is 0.416 e. The maximum atomic E-state index is 13.2. The van der Waals surface area contributed by atoms with Gasteiger partial charge in [0.05, 0.1) is 21.6 Å². The second-order valence-electron chi connectivity index (χ2n) is 8.74. The number of hydrogen-bond donors (Lipinski definition) is 1. The number of piperidine rings is 1. The lowest BCUT2D eigenvalue weighted by Gasteiger charge is -2.25. The van der Waals surface area contributed by atoms with E-state index < -0.39 is 50.8 Å². The lowest BCUT2D eigenvalue weighted by molar-refractivity contribution is -0.143. The normalized spacial score (nSPS) is 15.9.